The Hall–Kier alpha value is -1.65. The van der Waals surface area contributed by atoms with E-state index in [1.54, 1.807) is 0 Å². The van der Waals surface area contributed by atoms with Crippen LogP contribution in [0.3, 0.4) is 0 Å². The molecule has 104 valence electrons. The first-order valence-electron chi connectivity index (χ1n) is 7.14. The number of nitrogens with zero attached hydrogens (tertiary/aromatic N) is 3. The van der Waals surface area contributed by atoms with Gasteiger partial charge in [-0.15, -0.1) is 10.2 Å². The summed E-state index contributed by atoms with van der Waals surface area (Å²) in [6.07, 6.45) is 4.13. The number of carbonyl (C=O) groups excluding carboxylic acids is 1. The van der Waals surface area contributed by atoms with E-state index < -0.39 is 0 Å². The van der Waals surface area contributed by atoms with E-state index in [9.17, 15) is 4.79 Å². The average molecular weight is 262 g/mol. The summed E-state index contributed by atoms with van der Waals surface area (Å²) in [4.78, 5) is 14.1. The van der Waals surface area contributed by atoms with Crippen LogP contribution in [0.15, 0.2) is 12.1 Å². The molecule has 1 aromatic rings. The molecule has 0 spiro atoms. The van der Waals surface area contributed by atoms with Crippen LogP contribution in [0.1, 0.15) is 39.5 Å². The smallest absolute Gasteiger partial charge is 0.228 e. The van der Waals surface area contributed by atoms with Crippen LogP contribution >= 0.6 is 0 Å². The Morgan fingerprint density at radius 3 is 2.47 bits per heavy atom. The van der Waals surface area contributed by atoms with Gasteiger partial charge in [-0.3, -0.25) is 4.79 Å². The fraction of sp³-hybridized carbons (Fsp3) is 0.643. The summed E-state index contributed by atoms with van der Waals surface area (Å²) in [5.74, 6) is 1.53. The van der Waals surface area contributed by atoms with Gasteiger partial charge in [-0.25, -0.2) is 0 Å². The monoisotopic (exact) mass is 262 g/mol. The summed E-state index contributed by atoms with van der Waals surface area (Å²) in [5.41, 5.74) is 0. The maximum Gasteiger partial charge on any atom is 0.228 e. The third-order valence-electron chi connectivity index (χ3n) is 3.69. The van der Waals surface area contributed by atoms with E-state index in [1.165, 1.54) is 12.8 Å². The van der Waals surface area contributed by atoms with Gasteiger partial charge in [0, 0.05) is 19.0 Å². The lowest BCUT2D eigenvalue weighted by atomic mass is 10.0. The van der Waals surface area contributed by atoms with Crippen molar-refractivity contribution in [3.05, 3.63) is 12.1 Å². The summed E-state index contributed by atoms with van der Waals surface area (Å²) in [7, 11) is 0. The van der Waals surface area contributed by atoms with Gasteiger partial charge in [0.2, 0.25) is 5.91 Å². The minimum atomic E-state index is 0.0354. The molecule has 1 aliphatic heterocycles. The molecule has 2 rings (SSSR count). The fourth-order valence-corrected chi connectivity index (χ4v) is 2.39. The standard InChI is InChI=1S/C14H22N4O/c1-3-11(4-2)14(19)15-12-7-8-13(17-16-12)18-9-5-6-10-18/h7-8,11H,3-6,9-10H2,1-2H3,(H,15,16,19). The van der Waals surface area contributed by atoms with Gasteiger partial charge in [0.25, 0.3) is 0 Å². The second-order valence-electron chi connectivity index (χ2n) is 4.97. The lowest BCUT2D eigenvalue weighted by molar-refractivity contribution is -0.120. The maximum absolute atomic E-state index is 11.9. The summed E-state index contributed by atoms with van der Waals surface area (Å²) in [5, 5.41) is 11.1. The molecule has 0 saturated carbocycles. The third-order valence-corrected chi connectivity index (χ3v) is 3.69. The Morgan fingerprint density at radius 2 is 1.95 bits per heavy atom. The van der Waals surface area contributed by atoms with Crippen LogP contribution in [0.5, 0.6) is 0 Å². The molecule has 5 heteroatoms. The lowest BCUT2D eigenvalue weighted by Gasteiger charge is -2.16. The second-order valence-corrected chi connectivity index (χ2v) is 4.97. The summed E-state index contributed by atoms with van der Waals surface area (Å²) in [6.45, 7) is 6.15. The molecule has 1 fully saturated rings. The second kappa shape index (κ2) is 6.50. The lowest BCUT2D eigenvalue weighted by Crippen LogP contribution is -2.23. The molecule has 0 radical (unpaired) electrons. The molecule has 0 bridgehead atoms. The van der Waals surface area contributed by atoms with E-state index in [4.69, 9.17) is 0 Å². The molecule has 0 aliphatic carbocycles. The minimum absolute atomic E-state index is 0.0354. The molecule has 1 N–H and O–H groups in total. The maximum atomic E-state index is 11.9. The number of aromatic nitrogens is 2. The van der Waals surface area contributed by atoms with E-state index in [0.29, 0.717) is 5.82 Å². The molecule has 0 aromatic carbocycles. The Kier molecular flexibility index (Phi) is 4.71. The summed E-state index contributed by atoms with van der Waals surface area (Å²) >= 11 is 0. The van der Waals surface area contributed by atoms with Gasteiger partial charge in [-0.1, -0.05) is 13.8 Å². The molecular weight excluding hydrogens is 240 g/mol. The van der Waals surface area contributed by atoms with Crippen molar-refractivity contribution in [2.45, 2.75) is 39.5 Å². The zero-order chi connectivity index (χ0) is 13.7. The van der Waals surface area contributed by atoms with Crippen molar-refractivity contribution in [1.29, 1.82) is 0 Å². The van der Waals surface area contributed by atoms with Crippen LogP contribution < -0.4 is 10.2 Å². The number of nitrogens with one attached hydrogen (secondary N) is 1. The van der Waals surface area contributed by atoms with Crippen LogP contribution in [0.4, 0.5) is 11.6 Å². The summed E-state index contributed by atoms with van der Waals surface area (Å²) in [6, 6.07) is 3.77. The first-order valence-corrected chi connectivity index (χ1v) is 7.14. The fourth-order valence-electron chi connectivity index (χ4n) is 2.39. The number of amides is 1. The number of rotatable bonds is 5. The van der Waals surface area contributed by atoms with E-state index in [0.717, 1.165) is 31.7 Å². The normalized spacial score (nSPS) is 15.0. The SMILES string of the molecule is CCC(CC)C(=O)Nc1ccc(N2CCCC2)nn1. The van der Waals surface area contributed by atoms with Gasteiger partial charge in [0.1, 0.15) is 0 Å². The molecule has 0 atom stereocenters. The molecule has 1 aromatic heterocycles. The number of hydrogen-bond acceptors (Lipinski definition) is 4. The Bertz CT molecular complexity index is 408. The number of anilines is 2. The largest absolute Gasteiger partial charge is 0.355 e. The highest BCUT2D eigenvalue weighted by Gasteiger charge is 2.16. The van der Waals surface area contributed by atoms with Crippen molar-refractivity contribution < 1.29 is 4.79 Å². The van der Waals surface area contributed by atoms with Crippen molar-refractivity contribution in [3.63, 3.8) is 0 Å². The van der Waals surface area contributed by atoms with Crippen LogP contribution in [-0.4, -0.2) is 29.2 Å². The zero-order valence-electron chi connectivity index (χ0n) is 11.7. The van der Waals surface area contributed by atoms with Gasteiger partial charge in [-0.2, -0.15) is 0 Å². The highest BCUT2D eigenvalue weighted by molar-refractivity contribution is 5.91. The molecule has 2 heterocycles. The molecular formula is C14H22N4O. The predicted octanol–water partition coefficient (Wildman–Crippen LogP) is 2.45. The average Bonchev–Trinajstić information content (AvgIpc) is 2.95. The quantitative estimate of drug-likeness (QED) is 0.885. The van der Waals surface area contributed by atoms with E-state index in [-0.39, 0.29) is 11.8 Å². The third kappa shape index (κ3) is 3.43. The van der Waals surface area contributed by atoms with Gasteiger partial charge in [-0.05, 0) is 37.8 Å². The zero-order valence-corrected chi connectivity index (χ0v) is 11.7. The molecule has 1 aliphatic rings. The van der Waals surface area contributed by atoms with Crippen LogP contribution in [0.25, 0.3) is 0 Å². The Balaban J connectivity index is 1.96. The summed E-state index contributed by atoms with van der Waals surface area (Å²) < 4.78 is 0. The topological polar surface area (TPSA) is 58.1 Å². The van der Waals surface area contributed by atoms with E-state index in [2.05, 4.69) is 20.4 Å². The van der Waals surface area contributed by atoms with Gasteiger partial charge >= 0.3 is 0 Å². The van der Waals surface area contributed by atoms with Gasteiger partial charge in [0.05, 0.1) is 0 Å². The van der Waals surface area contributed by atoms with Crippen LogP contribution in [0.2, 0.25) is 0 Å². The first kappa shape index (κ1) is 13.8. The van der Waals surface area contributed by atoms with Gasteiger partial charge < -0.3 is 10.2 Å². The predicted molar refractivity (Wildman–Crippen MR) is 76.2 cm³/mol. The van der Waals surface area contributed by atoms with Crippen LogP contribution in [-0.2, 0) is 4.79 Å². The van der Waals surface area contributed by atoms with Crippen molar-refractivity contribution in [2.75, 3.05) is 23.3 Å². The molecule has 19 heavy (non-hydrogen) atoms. The van der Waals surface area contributed by atoms with Crippen LogP contribution in [0, 0.1) is 5.92 Å². The molecule has 0 unspecified atom stereocenters. The number of carbonyl (C=O) groups is 1. The van der Waals surface area contributed by atoms with Crippen molar-refractivity contribution >= 4 is 17.5 Å². The van der Waals surface area contributed by atoms with Crippen molar-refractivity contribution in [2.24, 2.45) is 5.92 Å². The minimum Gasteiger partial charge on any atom is -0.355 e. The Morgan fingerprint density at radius 1 is 1.26 bits per heavy atom. The van der Waals surface area contributed by atoms with Crippen molar-refractivity contribution in [3.8, 4) is 0 Å². The van der Waals surface area contributed by atoms with E-state index in [1.807, 2.05) is 26.0 Å². The highest BCUT2D eigenvalue weighted by atomic mass is 16.1. The Labute approximate surface area is 114 Å². The number of hydrogen-bond donors (Lipinski definition) is 1. The molecule has 1 saturated heterocycles. The first-order chi connectivity index (χ1) is 9.24. The van der Waals surface area contributed by atoms with E-state index >= 15 is 0 Å². The molecule has 1 amide bonds. The molecule has 5 nitrogen and oxygen atoms in total. The van der Waals surface area contributed by atoms with Gasteiger partial charge in [0.15, 0.2) is 11.6 Å². The van der Waals surface area contributed by atoms with Crippen molar-refractivity contribution in [1.82, 2.24) is 10.2 Å². The highest BCUT2D eigenvalue weighted by Crippen LogP contribution is 2.18.